The van der Waals surface area contributed by atoms with Gasteiger partial charge in [-0.2, -0.15) is 0 Å². The van der Waals surface area contributed by atoms with E-state index in [4.69, 9.17) is 5.73 Å². The number of nitrogens with one attached hydrogen (secondary N) is 1. The van der Waals surface area contributed by atoms with E-state index in [1.54, 1.807) is 0 Å². The van der Waals surface area contributed by atoms with Gasteiger partial charge in [0.2, 0.25) is 5.91 Å². The summed E-state index contributed by atoms with van der Waals surface area (Å²) < 4.78 is 0. The summed E-state index contributed by atoms with van der Waals surface area (Å²) in [4.78, 5) is 13.3. The number of fused-ring (bicyclic) bond motifs is 1. The molecule has 0 saturated heterocycles. The third-order valence-electron chi connectivity index (χ3n) is 3.03. The maximum atomic E-state index is 11.3. The van der Waals surface area contributed by atoms with Crippen molar-refractivity contribution in [3.63, 3.8) is 0 Å². The van der Waals surface area contributed by atoms with Gasteiger partial charge >= 0.3 is 0 Å². The normalized spacial score (nSPS) is 17.4. The van der Waals surface area contributed by atoms with Gasteiger partial charge in [-0.15, -0.1) is 0 Å². The van der Waals surface area contributed by atoms with Crippen molar-refractivity contribution in [1.29, 1.82) is 0 Å². The van der Waals surface area contributed by atoms with Crippen LogP contribution in [0.4, 0.5) is 5.69 Å². The number of nitrogens with zero attached hydrogens (tertiary/aromatic N) is 1. The molecule has 1 aromatic carbocycles. The third-order valence-corrected chi connectivity index (χ3v) is 3.03. The summed E-state index contributed by atoms with van der Waals surface area (Å²) in [5, 5.41) is 3.33. The smallest absolute Gasteiger partial charge is 0.239 e. The lowest BCUT2D eigenvalue weighted by molar-refractivity contribution is -0.118. The predicted molar refractivity (Wildman–Crippen MR) is 64.2 cm³/mol. The molecule has 0 radical (unpaired) electrons. The molecule has 1 atom stereocenters. The maximum Gasteiger partial charge on any atom is 0.239 e. The number of anilines is 1. The number of carbonyl (C=O) groups is 1. The van der Waals surface area contributed by atoms with E-state index in [1.807, 2.05) is 25.1 Å². The van der Waals surface area contributed by atoms with E-state index >= 15 is 0 Å². The molecule has 1 heterocycles. The van der Waals surface area contributed by atoms with Gasteiger partial charge in [0.1, 0.15) is 6.04 Å². The minimum atomic E-state index is -0.281. The first-order valence-corrected chi connectivity index (χ1v) is 5.54. The minimum Gasteiger partial charge on any atom is -0.368 e. The standard InChI is InChI=1S/C12H17N3O/c1-9(12(13)16)15-7-6-14-8-10-4-2-3-5-11(10)15/h2-5,9,14H,6-8H2,1H3,(H2,13,16). The fourth-order valence-corrected chi connectivity index (χ4v) is 2.04. The topological polar surface area (TPSA) is 58.4 Å². The second kappa shape index (κ2) is 4.53. The minimum absolute atomic E-state index is 0.263. The molecule has 0 bridgehead atoms. The van der Waals surface area contributed by atoms with Crippen LogP contribution < -0.4 is 16.0 Å². The molecular weight excluding hydrogens is 202 g/mol. The van der Waals surface area contributed by atoms with E-state index in [0.717, 1.165) is 25.3 Å². The van der Waals surface area contributed by atoms with Gasteiger partial charge < -0.3 is 16.0 Å². The monoisotopic (exact) mass is 219 g/mol. The average Bonchev–Trinajstić information content (AvgIpc) is 2.50. The molecule has 1 amide bonds. The van der Waals surface area contributed by atoms with Crippen LogP contribution in [0.5, 0.6) is 0 Å². The van der Waals surface area contributed by atoms with Gasteiger partial charge in [-0.1, -0.05) is 18.2 Å². The molecule has 0 fully saturated rings. The Balaban J connectivity index is 2.36. The fourth-order valence-electron chi connectivity index (χ4n) is 2.04. The maximum absolute atomic E-state index is 11.3. The fraction of sp³-hybridized carbons (Fsp3) is 0.417. The number of primary amides is 1. The highest BCUT2D eigenvalue weighted by Gasteiger charge is 2.22. The summed E-state index contributed by atoms with van der Waals surface area (Å²) in [7, 11) is 0. The van der Waals surface area contributed by atoms with Crippen molar-refractivity contribution in [3.05, 3.63) is 29.8 Å². The molecule has 0 saturated carbocycles. The van der Waals surface area contributed by atoms with Crippen molar-refractivity contribution in [2.45, 2.75) is 19.5 Å². The molecule has 3 N–H and O–H groups in total. The molecule has 1 aliphatic rings. The van der Waals surface area contributed by atoms with Crippen LogP contribution in [-0.2, 0) is 11.3 Å². The molecule has 1 unspecified atom stereocenters. The molecule has 1 aliphatic heterocycles. The first-order valence-electron chi connectivity index (χ1n) is 5.54. The molecule has 0 spiro atoms. The number of benzene rings is 1. The van der Waals surface area contributed by atoms with E-state index in [0.29, 0.717) is 0 Å². The zero-order valence-corrected chi connectivity index (χ0v) is 9.44. The lowest BCUT2D eigenvalue weighted by Gasteiger charge is -2.29. The van der Waals surface area contributed by atoms with Crippen LogP contribution in [0.2, 0.25) is 0 Å². The largest absolute Gasteiger partial charge is 0.368 e. The Morgan fingerprint density at radius 3 is 3.00 bits per heavy atom. The van der Waals surface area contributed by atoms with Crippen LogP contribution >= 0.6 is 0 Å². The van der Waals surface area contributed by atoms with Crippen LogP contribution in [0.1, 0.15) is 12.5 Å². The Hall–Kier alpha value is -1.55. The zero-order valence-electron chi connectivity index (χ0n) is 9.44. The molecular formula is C12H17N3O. The predicted octanol–water partition coefficient (Wildman–Crippen LogP) is 0.470. The Morgan fingerprint density at radius 2 is 2.25 bits per heavy atom. The van der Waals surface area contributed by atoms with Gasteiger partial charge in [-0.3, -0.25) is 4.79 Å². The second-order valence-electron chi connectivity index (χ2n) is 4.08. The summed E-state index contributed by atoms with van der Waals surface area (Å²) >= 11 is 0. The van der Waals surface area contributed by atoms with E-state index in [9.17, 15) is 4.79 Å². The highest BCUT2D eigenvalue weighted by molar-refractivity contribution is 5.83. The molecule has 1 aromatic rings. The lowest BCUT2D eigenvalue weighted by atomic mass is 10.1. The summed E-state index contributed by atoms with van der Waals surface area (Å²) in [6, 6.07) is 7.86. The van der Waals surface area contributed by atoms with Gasteiger partial charge in [0.05, 0.1) is 0 Å². The van der Waals surface area contributed by atoms with Crippen LogP contribution in [-0.4, -0.2) is 25.0 Å². The summed E-state index contributed by atoms with van der Waals surface area (Å²) in [6.45, 7) is 4.37. The molecule has 0 aliphatic carbocycles. The van der Waals surface area contributed by atoms with Crippen molar-refractivity contribution in [2.24, 2.45) is 5.73 Å². The van der Waals surface area contributed by atoms with Gasteiger partial charge in [-0.05, 0) is 18.6 Å². The SMILES string of the molecule is CC(C(N)=O)N1CCNCc2ccccc21. The Kier molecular flexibility index (Phi) is 3.10. The second-order valence-corrected chi connectivity index (χ2v) is 4.08. The van der Waals surface area contributed by atoms with Crippen LogP contribution in [0.25, 0.3) is 0 Å². The summed E-state index contributed by atoms with van der Waals surface area (Å²) in [5.74, 6) is -0.281. The van der Waals surface area contributed by atoms with Crippen molar-refractivity contribution < 1.29 is 4.79 Å². The summed E-state index contributed by atoms with van der Waals surface area (Å²) in [6.07, 6.45) is 0. The highest BCUT2D eigenvalue weighted by atomic mass is 16.1. The molecule has 86 valence electrons. The van der Waals surface area contributed by atoms with Gasteiger partial charge in [0.15, 0.2) is 0 Å². The number of hydrogen-bond acceptors (Lipinski definition) is 3. The molecule has 2 rings (SSSR count). The Morgan fingerprint density at radius 1 is 1.50 bits per heavy atom. The third kappa shape index (κ3) is 2.02. The van der Waals surface area contributed by atoms with E-state index < -0.39 is 0 Å². The van der Waals surface area contributed by atoms with Crippen molar-refractivity contribution >= 4 is 11.6 Å². The van der Waals surface area contributed by atoms with Crippen LogP contribution in [0, 0.1) is 0 Å². The lowest BCUT2D eigenvalue weighted by Crippen LogP contribution is -2.44. The molecule has 16 heavy (non-hydrogen) atoms. The van der Waals surface area contributed by atoms with Crippen LogP contribution in [0.3, 0.4) is 0 Å². The Labute approximate surface area is 95.4 Å². The van der Waals surface area contributed by atoms with Gasteiger partial charge in [0.25, 0.3) is 0 Å². The van der Waals surface area contributed by atoms with E-state index in [-0.39, 0.29) is 11.9 Å². The van der Waals surface area contributed by atoms with Crippen molar-refractivity contribution in [1.82, 2.24) is 5.32 Å². The molecule has 0 aromatic heterocycles. The number of nitrogens with two attached hydrogens (primary N) is 1. The quantitative estimate of drug-likeness (QED) is 0.760. The number of hydrogen-bond donors (Lipinski definition) is 2. The number of amides is 1. The first kappa shape index (κ1) is 11.0. The zero-order chi connectivity index (χ0) is 11.5. The van der Waals surface area contributed by atoms with Gasteiger partial charge in [-0.25, -0.2) is 0 Å². The summed E-state index contributed by atoms with van der Waals surface area (Å²) in [5.41, 5.74) is 7.70. The van der Waals surface area contributed by atoms with Crippen molar-refractivity contribution in [3.8, 4) is 0 Å². The molecule has 4 nitrogen and oxygen atoms in total. The van der Waals surface area contributed by atoms with Crippen LogP contribution in [0.15, 0.2) is 24.3 Å². The number of carbonyl (C=O) groups excluding carboxylic acids is 1. The highest BCUT2D eigenvalue weighted by Crippen LogP contribution is 2.23. The van der Waals surface area contributed by atoms with E-state index in [2.05, 4.69) is 16.3 Å². The van der Waals surface area contributed by atoms with Gasteiger partial charge in [0, 0.05) is 25.3 Å². The average molecular weight is 219 g/mol. The number of rotatable bonds is 2. The Bertz CT molecular complexity index is 392. The van der Waals surface area contributed by atoms with E-state index in [1.165, 1.54) is 5.56 Å². The first-order chi connectivity index (χ1) is 7.70. The van der Waals surface area contributed by atoms with Crippen molar-refractivity contribution in [2.75, 3.05) is 18.0 Å². The number of para-hydroxylation sites is 1. The molecule has 4 heteroatoms.